The maximum atomic E-state index is 12.6. The molecule has 0 fully saturated rings. The second-order valence-electron chi connectivity index (χ2n) is 5.49. The van der Waals surface area contributed by atoms with Gasteiger partial charge in [0, 0.05) is 6.42 Å². The topological polar surface area (TPSA) is 0 Å². The average molecular weight is 302 g/mol. The zero-order chi connectivity index (χ0) is 15.5. The molecule has 0 N–H and O–H groups in total. The van der Waals surface area contributed by atoms with E-state index in [4.69, 9.17) is 0 Å². The Morgan fingerprint density at radius 2 is 0.900 bits per heavy atom. The minimum Gasteiger partial charge on any atom is -0.196 e. The first-order chi connectivity index (χ1) is 9.31. The second kappa shape index (κ2) is 10.4. The normalized spacial score (nSPS) is 12.9. The molecule has 0 saturated heterocycles. The van der Waals surface area contributed by atoms with Gasteiger partial charge in [0.2, 0.25) is 0 Å². The van der Waals surface area contributed by atoms with E-state index in [1.807, 2.05) is 0 Å². The largest absolute Gasteiger partial charge is 0.453 e. The quantitative estimate of drug-likeness (QED) is 0.272. The van der Waals surface area contributed by atoms with Gasteiger partial charge in [-0.15, -0.1) is 0 Å². The molecule has 0 aliphatic carbocycles. The third-order valence-corrected chi connectivity index (χ3v) is 3.51. The van der Waals surface area contributed by atoms with E-state index in [1.54, 1.807) is 0 Å². The van der Waals surface area contributed by atoms with Crippen LogP contribution in [0.4, 0.5) is 22.0 Å². The molecule has 0 bridgehead atoms. The van der Waals surface area contributed by atoms with E-state index in [-0.39, 0.29) is 6.42 Å². The van der Waals surface area contributed by atoms with Crippen LogP contribution in [0.15, 0.2) is 0 Å². The van der Waals surface area contributed by atoms with Gasteiger partial charge in [-0.1, -0.05) is 71.1 Å². The fourth-order valence-electron chi connectivity index (χ4n) is 2.15. The Hall–Kier alpha value is -0.350. The number of rotatable bonds is 12. The molecule has 5 heteroatoms. The van der Waals surface area contributed by atoms with E-state index in [2.05, 4.69) is 6.92 Å². The molecule has 0 unspecified atom stereocenters. The van der Waals surface area contributed by atoms with Crippen LogP contribution in [0.2, 0.25) is 0 Å². The summed E-state index contributed by atoms with van der Waals surface area (Å²) in [5, 5.41) is 0. The second-order valence-corrected chi connectivity index (χ2v) is 5.49. The van der Waals surface area contributed by atoms with Gasteiger partial charge in [0.25, 0.3) is 0 Å². The minimum absolute atomic E-state index is 0.0526. The summed E-state index contributed by atoms with van der Waals surface area (Å²) in [5.74, 6) is -4.52. The number of alkyl halides is 5. The van der Waals surface area contributed by atoms with Crippen LogP contribution in [0.5, 0.6) is 0 Å². The molecule has 20 heavy (non-hydrogen) atoms. The van der Waals surface area contributed by atoms with Crippen molar-refractivity contribution >= 4 is 0 Å². The molecule has 0 radical (unpaired) electrons. The van der Waals surface area contributed by atoms with Crippen LogP contribution < -0.4 is 0 Å². The highest BCUT2D eigenvalue weighted by molar-refractivity contribution is 4.75. The molecule has 0 aliphatic rings. The molecule has 0 aromatic rings. The lowest BCUT2D eigenvalue weighted by Gasteiger charge is -2.19. The molecule has 0 heterocycles. The number of halogens is 5. The van der Waals surface area contributed by atoms with Crippen molar-refractivity contribution in [3.8, 4) is 0 Å². The van der Waals surface area contributed by atoms with E-state index in [0.29, 0.717) is 6.42 Å². The van der Waals surface area contributed by atoms with E-state index in [1.165, 1.54) is 32.1 Å². The molecule has 0 aliphatic heterocycles. The van der Waals surface area contributed by atoms with Crippen molar-refractivity contribution in [1.82, 2.24) is 0 Å². The van der Waals surface area contributed by atoms with E-state index >= 15 is 0 Å². The van der Waals surface area contributed by atoms with Crippen LogP contribution in [0.1, 0.15) is 84.0 Å². The Morgan fingerprint density at radius 1 is 0.550 bits per heavy atom. The van der Waals surface area contributed by atoms with Gasteiger partial charge < -0.3 is 0 Å². The smallest absolute Gasteiger partial charge is 0.196 e. The van der Waals surface area contributed by atoms with Crippen molar-refractivity contribution in [3.05, 3.63) is 0 Å². The fraction of sp³-hybridized carbons (Fsp3) is 1.00. The van der Waals surface area contributed by atoms with E-state index < -0.39 is 18.5 Å². The Kier molecular flexibility index (Phi) is 10.2. The lowest BCUT2D eigenvalue weighted by molar-refractivity contribution is -0.284. The highest BCUT2D eigenvalue weighted by Gasteiger charge is 2.56. The number of unbranched alkanes of at least 4 members (excludes halogenated alkanes) is 10. The fourth-order valence-corrected chi connectivity index (χ4v) is 2.15. The van der Waals surface area contributed by atoms with Crippen molar-refractivity contribution in [2.45, 2.75) is 96.1 Å². The molecule has 0 atom stereocenters. The highest BCUT2D eigenvalue weighted by atomic mass is 19.4. The van der Waals surface area contributed by atoms with Gasteiger partial charge in [0.1, 0.15) is 0 Å². The molecular formula is C15H27F5. The summed E-state index contributed by atoms with van der Waals surface area (Å²) in [6.07, 6.45) is 4.03. The summed E-state index contributed by atoms with van der Waals surface area (Å²) in [5.41, 5.74) is 0. The monoisotopic (exact) mass is 302 g/mol. The van der Waals surface area contributed by atoms with Crippen LogP contribution >= 0.6 is 0 Å². The Labute approximate surface area is 119 Å². The zero-order valence-electron chi connectivity index (χ0n) is 12.4. The van der Waals surface area contributed by atoms with Gasteiger partial charge >= 0.3 is 12.1 Å². The van der Waals surface area contributed by atoms with E-state index in [9.17, 15) is 22.0 Å². The van der Waals surface area contributed by atoms with Crippen LogP contribution in [-0.4, -0.2) is 12.1 Å². The van der Waals surface area contributed by atoms with Crippen molar-refractivity contribution < 1.29 is 22.0 Å². The summed E-state index contributed by atoms with van der Waals surface area (Å²) in [7, 11) is 0. The molecule has 0 saturated carbocycles. The van der Waals surface area contributed by atoms with Crippen LogP contribution in [-0.2, 0) is 0 Å². The number of hydrogen-bond donors (Lipinski definition) is 0. The predicted octanol–water partition coefficient (Wildman–Crippen LogP) is 6.89. The molecule has 0 aromatic heterocycles. The maximum Gasteiger partial charge on any atom is 0.453 e. The molecule has 122 valence electrons. The van der Waals surface area contributed by atoms with E-state index in [0.717, 1.165) is 25.7 Å². The molecular weight excluding hydrogens is 275 g/mol. The van der Waals surface area contributed by atoms with Gasteiger partial charge in [-0.3, -0.25) is 0 Å². The van der Waals surface area contributed by atoms with Crippen molar-refractivity contribution in [1.29, 1.82) is 0 Å². The third kappa shape index (κ3) is 9.54. The Morgan fingerprint density at radius 3 is 1.25 bits per heavy atom. The van der Waals surface area contributed by atoms with Crippen molar-refractivity contribution in [3.63, 3.8) is 0 Å². The lowest BCUT2D eigenvalue weighted by Crippen LogP contribution is -2.36. The predicted molar refractivity (Wildman–Crippen MR) is 72.1 cm³/mol. The average Bonchev–Trinajstić information content (AvgIpc) is 2.34. The molecule has 0 spiro atoms. The highest BCUT2D eigenvalue weighted by Crippen LogP contribution is 2.39. The zero-order valence-corrected chi connectivity index (χ0v) is 12.4. The van der Waals surface area contributed by atoms with Crippen LogP contribution in [0.3, 0.4) is 0 Å². The molecule has 0 nitrogen and oxygen atoms in total. The summed E-state index contributed by atoms with van der Waals surface area (Å²) >= 11 is 0. The van der Waals surface area contributed by atoms with Crippen LogP contribution in [0, 0.1) is 0 Å². The van der Waals surface area contributed by atoms with Crippen LogP contribution in [0.25, 0.3) is 0 Å². The molecule has 0 rings (SSSR count). The third-order valence-electron chi connectivity index (χ3n) is 3.51. The first-order valence-corrected chi connectivity index (χ1v) is 7.76. The Balaban J connectivity index is 3.33. The van der Waals surface area contributed by atoms with Gasteiger partial charge in [-0.2, -0.15) is 22.0 Å². The lowest BCUT2D eigenvalue weighted by atomic mass is 10.0. The Bertz CT molecular complexity index is 223. The molecule has 0 amide bonds. The molecule has 0 aromatic carbocycles. The van der Waals surface area contributed by atoms with Gasteiger partial charge in [0.15, 0.2) is 0 Å². The summed E-state index contributed by atoms with van der Waals surface area (Å²) in [4.78, 5) is 0. The summed E-state index contributed by atoms with van der Waals surface area (Å²) < 4.78 is 60.8. The van der Waals surface area contributed by atoms with Crippen molar-refractivity contribution in [2.24, 2.45) is 0 Å². The standard InChI is InChI=1S/C15H27F5/c1-2-3-4-5-6-7-8-9-10-11-12-13-14(16,17)15(18,19)20/h2-13H2,1H3. The summed E-state index contributed by atoms with van der Waals surface area (Å²) in [6, 6.07) is 0. The van der Waals surface area contributed by atoms with Crippen molar-refractivity contribution in [2.75, 3.05) is 0 Å². The maximum absolute atomic E-state index is 12.6. The van der Waals surface area contributed by atoms with Gasteiger partial charge in [-0.25, -0.2) is 0 Å². The summed E-state index contributed by atoms with van der Waals surface area (Å²) in [6.45, 7) is 2.17. The van der Waals surface area contributed by atoms with Gasteiger partial charge in [-0.05, 0) is 6.42 Å². The number of hydrogen-bond acceptors (Lipinski definition) is 0. The first-order valence-electron chi connectivity index (χ1n) is 7.76. The first kappa shape index (κ1) is 19.7. The minimum atomic E-state index is -5.40. The van der Waals surface area contributed by atoms with Gasteiger partial charge in [0.05, 0.1) is 0 Å². The SMILES string of the molecule is CCCCCCCCCCCCCC(F)(F)C(F)(F)F.